The molecule has 1 aliphatic rings. The van der Waals surface area contributed by atoms with Crippen LogP contribution in [0.2, 0.25) is 0 Å². The van der Waals surface area contributed by atoms with Crippen molar-refractivity contribution in [2.45, 2.75) is 19.9 Å². The lowest BCUT2D eigenvalue weighted by Gasteiger charge is -2.06. The third kappa shape index (κ3) is 1.90. The van der Waals surface area contributed by atoms with Gasteiger partial charge in [-0.1, -0.05) is 13.8 Å². The normalized spacial score (nSPS) is 19.1. The fourth-order valence-corrected chi connectivity index (χ4v) is 1.73. The van der Waals surface area contributed by atoms with Crippen LogP contribution in [0.15, 0.2) is 23.6 Å². The molecule has 0 radical (unpaired) electrons. The van der Waals surface area contributed by atoms with E-state index >= 15 is 0 Å². The fraction of sp³-hybridized carbons (Fsp3) is 0.417. The van der Waals surface area contributed by atoms with E-state index in [-0.39, 0.29) is 6.04 Å². The fourth-order valence-electron chi connectivity index (χ4n) is 1.73. The highest BCUT2D eigenvalue weighted by Crippen LogP contribution is 2.16. The Morgan fingerprint density at radius 2 is 2.06 bits per heavy atom. The third-order valence-electron chi connectivity index (χ3n) is 2.86. The SMILES string of the molecule is CC(C)C1COC(c2ncc3nccnc3n2)=N1. The van der Waals surface area contributed by atoms with Gasteiger partial charge in [-0.25, -0.2) is 24.9 Å². The van der Waals surface area contributed by atoms with Crippen molar-refractivity contribution in [3.63, 3.8) is 0 Å². The first-order valence-electron chi connectivity index (χ1n) is 5.89. The summed E-state index contributed by atoms with van der Waals surface area (Å²) in [5.74, 6) is 1.43. The Bertz CT molecular complexity index is 610. The van der Waals surface area contributed by atoms with Crippen molar-refractivity contribution in [1.82, 2.24) is 19.9 Å². The van der Waals surface area contributed by atoms with Crippen LogP contribution in [0.1, 0.15) is 19.7 Å². The molecule has 0 bridgehead atoms. The summed E-state index contributed by atoms with van der Waals surface area (Å²) in [6.45, 7) is 4.83. The zero-order chi connectivity index (χ0) is 12.5. The number of fused-ring (bicyclic) bond motifs is 1. The van der Waals surface area contributed by atoms with Gasteiger partial charge in [-0.05, 0) is 5.92 Å². The molecule has 6 nitrogen and oxygen atoms in total. The van der Waals surface area contributed by atoms with Gasteiger partial charge in [0.25, 0.3) is 5.90 Å². The molecule has 2 aromatic heterocycles. The van der Waals surface area contributed by atoms with Gasteiger partial charge in [0.2, 0.25) is 5.82 Å². The monoisotopic (exact) mass is 243 g/mol. The molecular formula is C12H13N5O. The summed E-state index contributed by atoms with van der Waals surface area (Å²) in [7, 11) is 0. The zero-order valence-corrected chi connectivity index (χ0v) is 10.2. The molecule has 0 amide bonds. The molecule has 1 unspecified atom stereocenters. The van der Waals surface area contributed by atoms with E-state index in [9.17, 15) is 0 Å². The summed E-state index contributed by atoms with van der Waals surface area (Å²) >= 11 is 0. The van der Waals surface area contributed by atoms with Gasteiger partial charge < -0.3 is 4.74 Å². The Hall–Kier alpha value is -2.11. The van der Waals surface area contributed by atoms with E-state index in [0.29, 0.717) is 35.4 Å². The van der Waals surface area contributed by atoms with Gasteiger partial charge in [0.05, 0.1) is 12.2 Å². The molecule has 1 atom stereocenters. The van der Waals surface area contributed by atoms with Crippen LogP contribution in [0.25, 0.3) is 11.2 Å². The second-order valence-corrected chi connectivity index (χ2v) is 4.52. The second kappa shape index (κ2) is 4.29. The summed E-state index contributed by atoms with van der Waals surface area (Å²) < 4.78 is 5.54. The number of hydrogen-bond donors (Lipinski definition) is 0. The second-order valence-electron chi connectivity index (χ2n) is 4.52. The number of nitrogens with zero attached hydrogens (tertiary/aromatic N) is 5. The first kappa shape index (κ1) is 11.0. The molecular weight excluding hydrogens is 230 g/mol. The smallest absolute Gasteiger partial charge is 0.255 e. The molecule has 18 heavy (non-hydrogen) atoms. The summed E-state index contributed by atoms with van der Waals surface area (Å²) in [5, 5.41) is 0. The predicted octanol–water partition coefficient (Wildman–Crippen LogP) is 1.22. The minimum Gasteiger partial charge on any atom is -0.473 e. The van der Waals surface area contributed by atoms with E-state index in [0.717, 1.165) is 0 Å². The highest BCUT2D eigenvalue weighted by molar-refractivity contribution is 5.92. The number of rotatable bonds is 2. The van der Waals surface area contributed by atoms with Gasteiger partial charge in [-0.15, -0.1) is 0 Å². The van der Waals surface area contributed by atoms with E-state index in [1.54, 1.807) is 18.6 Å². The molecule has 1 aliphatic heterocycles. The molecule has 0 spiro atoms. The summed E-state index contributed by atoms with van der Waals surface area (Å²) in [4.78, 5) is 21.3. The zero-order valence-electron chi connectivity index (χ0n) is 10.2. The minimum absolute atomic E-state index is 0.182. The van der Waals surface area contributed by atoms with Crippen LogP contribution >= 0.6 is 0 Å². The molecule has 3 heterocycles. The standard InChI is InChI=1S/C12H13N5O/c1-7(2)9-6-18-12(16-9)11-15-5-8-10(17-11)14-4-3-13-8/h3-5,7,9H,6H2,1-2H3. The molecule has 0 saturated carbocycles. The maximum atomic E-state index is 5.54. The van der Waals surface area contributed by atoms with Crippen LogP contribution in [0.5, 0.6) is 0 Å². The van der Waals surface area contributed by atoms with Crippen LogP contribution < -0.4 is 0 Å². The van der Waals surface area contributed by atoms with Crippen molar-refractivity contribution < 1.29 is 4.74 Å². The Kier molecular flexibility index (Phi) is 2.62. The molecule has 3 rings (SSSR count). The minimum atomic E-state index is 0.182. The van der Waals surface area contributed by atoms with E-state index in [1.165, 1.54) is 0 Å². The van der Waals surface area contributed by atoms with Crippen LogP contribution in [0, 0.1) is 5.92 Å². The van der Waals surface area contributed by atoms with E-state index in [1.807, 2.05) is 0 Å². The van der Waals surface area contributed by atoms with E-state index < -0.39 is 0 Å². The first-order valence-corrected chi connectivity index (χ1v) is 5.89. The van der Waals surface area contributed by atoms with Gasteiger partial charge in [0, 0.05) is 12.4 Å². The van der Waals surface area contributed by atoms with Gasteiger partial charge >= 0.3 is 0 Å². The molecule has 2 aromatic rings. The lowest BCUT2D eigenvalue weighted by molar-refractivity contribution is 0.290. The summed E-state index contributed by atoms with van der Waals surface area (Å²) in [5.41, 5.74) is 1.22. The average Bonchev–Trinajstić information content (AvgIpc) is 2.88. The topological polar surface area (TPSA) is 73.2 Å². The highest BCUT2D eigenvalue weighted by atomic mass is 16.5. The Labute approximate surface area is 104 Å². The van der Waals surface area contributed by atoms with Crippen molar-refractivity contribution in [2.75, 3.05) is 6.61 Å². The summed E-state index contributed by atoms with van der Waals surface area (Å²) in [6.07, 6.45) is 4.86. The van der Waals surface area contributed by atoms with Crippen LogP contribution in [-0.2, 0) is 4.74 Å². The number of ether oxygens (including phenoxy) is 1. The Balaban J connectivity index is 1.98. The van der Waals surface area contributed by atoms with Crippen molar-refractivity contribution in [2.24, 2.45) is 10.9 Å². The van der Waals surface area contributed by atoms with Crippen molar-refractivity contribution in [1.29, 1.82) is 0 Å². The number of aliphatic imine (C=N–C) groups is 1. The molecule has 92 valence electrons. The van der Waals surface area contributed by atoms with E-state index in [2.05, 4.69) is 38.8 Å². The number of hydrogen-bond acceptors (Lipinski definition) is 6. The third-order valence-corrected chi connectivity index (χ3v) is 2.86. The molecule has 0 saturated heterocycles. The maximum Gasteiger partial charge on any atom is 0.255 e. The Morgan fingerprint density at radius 3 is 2.83 bits per heavy atom. The molecule has 6 heteroatoms. The van der Waals surface area contributed by atoms with Crippen molar-refractivity contribution in [3.05, 3.63) is 24.4 Å². The lowest BCUT2D eigenvalue weighted by Crippen LogP contribution is -2.13. The van der Waals surface area contributed by atoms with E-state index in [4.69, 9.17) is 4.74 Å². The van der Waals surface area contributed by atoms with Gasteiger partial charge in [0.15, 0.2) is 5.65 Å². The van der Waals surface area contributed by atoms with Gasteiger partial charge in [-0.2, -0.15) is 0 Å². The largest absolute Gasteiger partial charge is 0.473 e. The number of aromatic nitrogens is 4. The quantitative estimate of drug-likeness (QED) is 0.793. The van der Waals surface area contributed by atoms with Crippen LogP contribution in [0.3, 0.4) is 0 Å². The van der Waals surface area contributed by atoms with Crippen molar-refractivity contribution >= 4 is 17.1 Å². The molecule has 0 aromatic carbocycles. The highest BCUT2D eigenvalue weighted by Gasteiger charge is 2.24. The first-order chi connectivity index (χ1) is 8.74. The average molecular weight is 243 g/mol. The maximum absolute atomic E-state index is 5.54. The Morgan fingerprint density at radius 1 is 1.22 bits per heavy atom. The van der Waals surface area contributed by atoms with Crippen LogP contribution in [-0.4, -0.2) is 38.5 Å². The molecule has 0 N–H and O–H groups in total. The lowest BCUT2D eigenvalue weighted by atomic mass is 10.1. The summed E-state index contributed by atoms with van der Waals surface area (Å²) in [6, 6.07) is 0.182. The molecule has 0 aliphatic carbocycles. The van der Waals surface area contributed by atoms with Crippen LogP contribution in [0.4, 0.5) is 0 Å². The predicted molar refractivity (Wildman–Crippen MR) is 66.2 cm³/mol. The van der Waals surface area contributed by atoms with Gasteiger partial charge in [0.1, 0.15) is 12.1 Å². The molecule has 0 fully saturated rings. The van der Waals surface area contributed by atoms with Crippen molar-refractivity contribution in [3.8, 4) is 0 Å². The van der Waals surface area contributed by atoms with Gasteiger partial charge in [-0.3, -0.25) is 0 Å².